The average Bonchev–Trinajstić information content (AvgIpc) is 2.91. The van der Waals surface area contributed by atoms with Gasteiger partial charge in [-0.15, -0.1) is 11.3 Å². The van der Waals surface area contributed by atoms with Gasteiger partial charge >= 0.3 is 0 Å². The zero-order valence-electron chi connectivity index (χ0n) is 11.6. The van der Waals surface area contributed by atoms with E-state index in [0.29, 0.717) is 18.5 Å². The lowest BCUT2D eigenvalue weighted by atomic mass is 10.2. The van der Waals surface area contributed by atoms with Gasteiger partial charge in [0.05, 0.1) is 18.7 Å². The summed E-state index contributed by atoms with van der Waals surface area (Å²) in [6, 6.07) is 3.46. The van der Waals surface area contributed by atoms with Crippen molar-refractivity contribution in [3.05, 3.63) is 45.7 Å². The molecule has 2 aromatic heterocycles. The summed E-state index contributed by atoms with van der Waals surface area (Å²) < 4.78 is 0. The molecule has 5 nitrogen and oxygen atoms in total. The second-order valence-corrected chi connectivity index (χ2v) is 5.18. The number of hydrogen-bond acceptors (Lipinski definition) is 5. The lowest BCUT2D eigenvalue weighted by Gasteiger charge is -2.04. The first-order valence-electron chi connectivity index (χ1n) is 6.44. The van der Waals surface area contributed by atoms with E-state index in [1.54, 1.807) is 18.3 Å². The molecular formula is C15H15N3O2S. The molecule has 108 valence electrons. The van der Waals surface area contributed by atoms with Crippen molar-refractivity contribution >= 4 is 17.2 Å². The third-order valence-corrected chi connectivity index (χ3v) is 3.52. The third-order valence-electron chi connectivity index (χ3n) is 2.55. The van der Waals surface area contributed by atoms with Crippen LogP contribution in [0, 0.1) is 18.8 Å². The molecule has 0 aromatic carbocycles. The monoisotopic (exact) mass is 301 g/mol. The number of carbonyl (C=O) groups is 1. The zero-order chi connectivity index (χ0) is 15.1. The van der Waals surface area contributed by atoms with Crippen LogP contribution in [0.3, 0.4) is 0 Å². The number of thiazole rings is 1. The number of nitrogens with one attached hydrogen (secondary N) is 1. The first kappa shape index (κ1) is 15.2. The van der Waals surface area contributed by atoms with Crippen LogP contribution in [0.15, 0.2) is 23.7 Å². The van der Waals surface area contributed by atoms with Crippen LogP contribution in [0.25, 0.3) is 0 Å². The number of aliphatic hydroxyl groups is 1. The Morgan fingerprint density at radius 3 is 3.10 bits per heavy atom. The molecule has 2 heterocycles. The van der Waals surface area contributed by atoms with Gasteiger partial charge in [0.15, 0.2) is 0 Å². The third kappa shape index (κ3) is 4.38. The number of aryl methyl sites for hydroxylation is 1. The molecule has 0 unspecified atom stereocenters. The first-order chi connectivity index (χ1) is 10.2. The van der Waals surface area contributed by atoms with Crippen LogP contribution in [0.4, 0.5) is 0 Å². The van der Waals surface area contributed by atoms with E-state index in [9.17, 15) is 4.79 Å². The Labute approximate surface area is 127 Å². The van der Waals surface area contributed by atoms with Crippen molar-refractivity contribution in [2.75, 3.05) is 6.61 Å². The van der Waals surface area contributed by atoms with Crippen molar-refractivity contribution in [3.8, 4) is 11.8 Å². The van der Waals surface area contributed by atoms with Crippen molar-refractivity contribution in [2.45, 2.75) is 19.9 Å². The predicted molar refractivity (Wildman–Crippen MR) is 80.8 cm³/mol. The maximum absolute atomic E-state index is 12.2. The van der Waals surface area contributed by atoms with Gasteiger partial charge in [-0.1, -0.05) is 11.8 Å². The molecule has 0 fully saturated rings. The molecule has 21 heavy (non-hydrogen) atoms. The smallest absolute Gasteiger partial charge is 0.271 e. The minimum absolute atomic E-state index is 0.00180. The van der Waals surface area contributed by atoms with Gasteiger partial charge in [0.25, 0.3) is 5.91 Å². The Hall–Kier alpha value is -2.23. The molecule has 0 radical (unpaired) electrons. The number of pyridine rings is 1. The maximum atomic E-state index is 12.2. The number of amides is 1. The highest BCUT2D eigenvalue weighted by Crippen LogP contribution is 2.09. The Kier molecular flexibility index (Phi) is 5.43. The quantitative estimate of drug-likeness (QED) is 0.839. The van der Waals surface area contributed by atoms with Gasteiger partial charge in [-0.2, -0.15) is 0 Å². The molecule has 0 saturated heterocycles. The highest BCUT2D eigenvalue weighted by Gasteiger charge is 2.11. The standard InChI is InChI=1S/C15H15N3O2S/c1-11-10-21-13(18-11)9-17-15(20)14-12(5-2-3-8-19)6-4-7-16-14/h4,6-7,10,19H,3,8-9H2,1H3,(H,17,20). The van der Waals surface area contributed by atoms with Gasteiger partial charge in [0.2, 0.25) is 0 Å². The summed E-state index contributed by atoms with van der Waals surface area (Å²) in [5, 5.41) is 14.3. The molecule has 0 bridgehead atoms. The van der Waals surface area contributed by atoms with Crippen molar-refractivity contribution in [3.63, 3.8) is 0 Å². The second kappa shape index (κ2) is 7.53. The average molecular weight is 301 g/mol. The van der Waals surface area contributed by atoms with Crippen LogP contribution in [0.5, 0.6) is 0 Å². The van der Waals surface area contributed by atoms with Crippen molar-refractivity contribution < 1.29 is 9.90 Å². The fourth-order valence-electron chi connectivity index (χ4n) is 1.62. The number of hydrogen-bond donors (Lipinski definition) is 2. The number of aliphatic hydroxyl groups excluding tert-OH is 1. The highest BCUT2D eigenvalue weighted by atomic mass is 32.1. The van der Waals surface area contributed by atoms with Crippen molar-refractivity contribution in [1.82, 2.24) is 15.3 Å². The second-order valence-electron chi connectivity index (χ2n) is 4.24. The van der Waals surface area contributed by atoms with Gasteiger partial charge < -0.3 is 10.4 Å². The van der Waals surface area contributed by atoms with Crippen LogP contribution in [-0.4, -0.2) is 27.6 Å². The summed E-state index contributed by atoms with van der Waals surface area (Å²) in [6.07, 6.45) is 1.92. The molecule has 2 rings (SSSR count). The van der Waals surface area contributed by atoms with Crippen LogP contribution in [0.1, 0.15) is 33.2 Å². The minimum Gasteiger partial charge on any atom is -0.395 e. The molecular weight excluding hydrogens is 286 g/mol. The van der Waals surface area contributed by atoms with Gasteiger partial charge in [0.1, 0.15) is 10.7 Å². The summed E-state index contributed by atoms with van der Waals surface area (Å²) in [5.74, 6) is 5.36. The summed E-state index contributed by atoms with van der Waals surface area (Å²) in [6.45, 7) is 2.28. The highest BCUT2D eigenvalue weighted by molar-refractivity contribution is 7.09. The topological polar surface area (TPSA) is 75.1 Å². The lowest BCUT2D eigenvalue weighted by molar-refractivity contribution is 0.0945. The van der Waals surface area contributed by atoms with Gasteiger partial charge in [-0.3, -0.25) is 4.79 Å². The van der Waals surface area contributed by atoms with Gasteiger partial charge in [-0.25, -0.2) is 9.97 Å². The number of nitrogens with zero attached hydrogens (tertiary/aromatic N) is 2. The Morgan fingerprint density at radius 2 is 2.38 bits per heavy atom. The van der Waals surface area contributed by atoms with E-state index in [1.807, 2.05) is 12.3 Å². The molecule has 0 aliphatic rings. The largest absolute Gasteiger partial charge is 0.395 e. The van der Waals surface area contributed by atoms with Crippen LogP contribution >= 0.6 is 11.3 Å². The van der Waals surface area contributed by atoms with E-state index in [0.717, 1.165) is 10.7 Å². The van der Waals surface area contributed by atoms with E-state index in [2.05, 4.69) is 27.1 Å². The zero-order valence-corrected chi connectivity index (χ0v) is 12.4. The van der Waals surface area contributed by atoms with Crippen LogP contribution in [0.2, 0.25) is 0 Å². The Bertz CT molecular complexity index is 685. The van der Waals surface area contributed by atoms with E-state index in [-0.39, 0.29) is 18.2 Å². The van der Waals surface area contributed by atoms with Crippen LogP contribution in [-0.2, 0) is 6.54 Å². The Morgan fingerprint density at radius 1 is 1.52 bits per heavy atom. The number of rotatable bonds is 4. The fraction of sp³-hybridized carbons (Fsp3) is 0.267. The lowest BCUT2D eigenvalue weighted by Crippen LogP contribution is -2.24. The van der Waals surface area contributed by atoms with E-state index in [1.165, 1.54) is 11.3 Å². The van der Waals surface area contributed by atoms with Crippen LogP contribution < -0.4 is 5.32 Å². The molecule has 0 atom stereocenters. The molecule has 2 N–H and O–H groups in total. The molecule has 0 aliphatic carbocycles. The molecule has 6 heteroatoms. The molecule has 0 saturated carbocycles. The van der Waals surface area contributed by atoms with Gasteiger partial charge in [-0.05, 0) is 19.1 Å². The maximum Gasteiger partial charge on any atom is 0.271 e. The molecule has 1 amide bonds. The van der Waals surface area contributed by atoms with E-state index in [4.69, 9.17) is 5.11 Å². The Balaban J connectivity index is 2.07. The summed E-state index contributed by atoms with van der Waals surface area (Å²) in [5.41, 5.74) is 1.78. The fourth-order valence-corrected chi connectivity index (χ4v) is 2.34. The summed E-state index contributed by atoms with van der Waals surface area (Å²) in [7, 11) is 0. The van der Waals surface area contributed by atoms with Gasteiger partial charge in [0, 0.05) is 23.7 Å². The minimum atomic E-state index is -0.281. The summed E-state index contributed by atoms with van der Waals surface area (Å²) >= 11 is 1.51. The number of aromatic nitrogens is 2. The SMILES string of the molecule is Cc1csc(CNC(=O)c2ncccc2C#CCCO)n1. The molecule has 0 aliphatic heterocycles. The normalized spacial score (nSPS) is 9.81. The molecule has 2 aromatic rings. The van der Waals surface area contributed by atoms with E-state index >= 15 is 0 Å². The van der Waals surface area contributed by atoms with Crippen molar-refractivity contribution in [2.24, 2.45) is 0 Å². The first-order valence-corrected chi connectivity index (χ1v) is 7.32. The number of carbonyl (C=O) groups excluding carboxylic acids is 1. The van der Waals surface area contributed by atoms with Crippen molar-refractivity contribution in [1.29, 1.82) is 0 Å². The molecule has 0 spiro atoms. The summed E-state index contributed by atoms with van der Waals surface area (Å²) in [4.78, 5) is 20.5. The predicted octanol–water partition coefficient (Wildman–Crippen LogP) is 1.51. The van der Waals surface area contributed by atoms with E-state index < -0.39 is 0 Å².